The molecule has 17 heteroatoms. The molecule has 0 spiro atoms. The number of nitrogens with one attached hydrogen (secondary N) is 4. The van der Waals surface area contributed by atoms with Crippen LogP contribution in [0.2, 0.25) is 0 Å². The van der Waals surface area contributed by atoms with Crippen LogP contribution in [-0.4, -0.2) is 122 Å². The van der Waals surface area contributed by atoms with Crippen LogP contribution >= 0.6 is 0 Å². The second-order valence-electron chi connectivity index (χ2n) is 18.0. The highest BCUT2D eigenvalue weighted by molar-refractivity contribution is 5.88. The SMILES string of the molecule is CC.CC.CCC.CCCC(NCC)C(=O)N1CCCC1C(=O)OCc1ccccc1.CC[C@H](CCC(=O)OC(C=O)C(C)C)NC(=O)CCOC=O.CNC(=O)OC(C)(C)C.CNC(C)Cc1ccc(O)cc1. The lowest BCUT2D eigenvalue weighted by Gasteiger charge is -2.28. The molecular formula is C57H101N5O12. The maximum absolute atomic E-state index is 12.8. The standard InChI is InChI=1S/C19H28N2O3.C15H25NO6.C10H15NO.C6H13NO2.C3H8.2C2H6/c1-3-9-16(20-4-2)18(22)21-13-8-12-17(21)19(23)24-14-15-10-6-5-7-11-15;1-4-12(16-14(19)7-8-21-10-18)5-6-15(20)22-13(9-17)11(2)3;1-8(11-2)7-9-3-5-10(12)6-4-9;1-6(2,3)9-5(8)7-4;1-3-2;2*1-2/h5-7,10-11,16-17,20H,3-4,8-9,12-14H2,1-2H3;9-13H,4-8H2,1-3H3,(H,16,19);3-6,8,11-12H,7H2,1-2H3;1-4H3,(H,7,8);3H2,1-2H3;2*1-2H3/t;12-,13?;;;;;/m.1...../s1. The molecule has 4 unspecified atom stereocenters. The predicted molar refractivity (Wildman–Crippen MR) is 297 cm³/mol. The number of phenolic OH excluding ortho intramolecular Hbond substituents is 1. The van der Waals surface area contributed by atoms with E-state index in [-0.39, 0.29) is 73.5 Å². The normalized spacial score (nSPS) is 13.6. The first-order chi connectivity index (χ1) is 35.2. The van der Waals surface area contributed by atoms with Crippen molar-refractivity contribution >= 4 is 42.6 Å². The van der Waals surface area contributed by atoms with Gasteiger partial charge in [-0.05, 0) is 109 Å². The number of nitrogens with zero attached hydrogens (tertiary/aromatic N) is 1. The van der Waals surface area contributed by atoms with Gasteiger partial charge in [-0.1, -0.05) is 131 Å². The summed E-state index contributed by atoms with van der Waals surface area (Å²) in [7, 11) is 3.49. The van der Waals surface area contributed by atoms with E-state index in [4.69, 9.17) is 19.3 Å². The molecule has 0 bridgehead atoms. The van der Waals surface area contributed by atoms with Gasteiger partial charge in [0.2, 0.25) is 11.8 Å². The average Bonchev–Trinajstić information content (AvgIpc) is 3.89. The first-order valence-corrected chi connectivity index (χ1v) is 26.8. The van der Waals surface area contributed by atoms with Gasteiger partial charge in [-0.15, -0.1) is 0 Å². The molecule has 0 radical (unpaired) electrons. The first kappa shape index (κ1) is 75.0. The summed E-state index contributed by atoms with van der Waals surface area (Å²) in [6.07, 6.45) is 6.30. The summed E-state index contributed by atoms with van der Waals surface area (Å²) < 4.78 is 19.8. The minimum Gasteiger partial charge on any atom is -0.508 e. The molecule has 0 aliphatic carbocycles. The van der Waals surface area contributed by atoms with Crippen molar-refractivity contribution in [3.63, 3.8) is 0 Å². The molecule has 1 saturated heterocycles. The number of alkyl carbamates (subject to hydrolysis) is 1. The molecule has 1 aliphatic rings. The summed E-state index contributed by atoms with van der Waals surface area (Å²) in [5.74, 6) is -0.705. The number of amides is 3. The van der Waals surface area contributed by atoms with Crippen molar-refractivity contribution in [3.8, 4) is 5.75 Å². The lowest BCUT2D eigenvalue weighted by atomic mass is 10.1. The summed E-state index contributed by atoms with van der Waals surface area (Å²) in [5.41, 5.74) is 1.81. The Hall–Kier alpha value is -5.55. The van der Waals surface area contributed by atoms with E-state index in [2.05, 4.69) is 53.7 Å². The summed E-state index contributed by atoms with van der Waals surface area (Å²) in [4.78, 5) is 81.4. The van der Waals surface area contributed by atoms with Crippen LogP contribution in [0.25, 0.3) is 0 Å². The third-order valence-corrected chi connectivity index (χ3v) is 10.1. The molecule has 1 aliphatic heterocycles. The number of phenols is 1. The predicted octanol–water partition coefficient (Wildman–Crippen LogP) is 9.64. The number of carbonyl (C=O) groups is 7. The van der Waals surface area contributed by atoms with Crippen LogP contribution in [0.15, 0.2) is 54.6 Å². The van der Waals surface area contributed by atoms with Crippen molar-refractivity contribution in [2.45, 2.75) is 211 Å². The molecule has 5 atom stereocenters. The number of aldehydes is 1. The quantitative estimate of drug-likeness (QED) is 0.0302. The van der Waals surface area contributed by atoms with Gasteiger partial charge in [0, 0.05) is 32.1 Å². The monoisotopic (exact) mass is 1050 g/mol. The molecule has 2 aromatic rings. The fraction of sp³-hybridized carbons (Fsp3) is 0.667. The topological polar surface area (TPSA) is 228 Å². The Balaban J connectivity index is -0.000000447. The molecule has 1 heterocycles. The van der Waals surface area contributed by atoms with Crippen molar-refractivity contribution in [1.82, 2.24) is 26.2 Å². The first-order valence-electron chi connectivity index (χ1n) is 26.8. The average molecular weight is 1050 g/mol. The van der Waals surface area contributed by atoms with Gasteiger partial charge in [0.15, 0.2) is 12.4 Å². The van der Waals surface area contributed by atoms with Crippen LogP contribution < -0.4 is 21.3 Å². The number of likely N-dealkylation sites (N-methyl/N-ethyl adjacent to an activating group) is 2. The Kier molecular flexibility index (Phi) is 49.0. The van der Waals surface area contributed by atoms with Crippen molar-refractivity contribution in [2.24, 2.45) is 5.92 Å². The van der Waals surface area contributed by atoms with Gasteiger partial charge in [-0.3, -0.25) is 24.0 Å². The zero-order valence-corrected chi connectivity index (χ0v) is 48.6. The second kappa shape index (κ2) is 48.4. The number of likely N-dealkylation sites (tertiary alicyclic amines) is 1. The Morgan fingerprint density at radius 3 is 1.89 bits per heavy atom. The number of esters is 2. The van der Waals surface area contributed by atoms with E-state index in [1.807, 2.05) is 112 Å². The smallest absolute Gasteiger partial charge is 0.407 e. The maximum Gasteiger partial charge on any atom is 0.407 e. The van der Waals surface area contributed by atoms with Crippen molar-refractivity contribution < 1.29 is 57.6 Å². The molecule has 426 valence electrons. The molecule has 0 aromatic heterocycles. The molecule has 2 aromatic carbocycles. The fourth-order valence-electron chi connectivity index (χ4n) is 6.27. The number of aromatic hydroxyl groups is 1. The molecule has 74 heavy (non-hydrogen) atoms. The lowest BCUT2D eigenvalue weighted by Crippen LogP contribution is -2.50. The number of ether oxygens (including phenoxy) is 4. The van der Waals surface area contributed by atoms with E-state index in [1.165, 1.54) is 19.0 Å². The van der Waals surface area contributed by atoms with Crippen LogP contribution in [0.5, 0.6) is 5.75 Å². The molecule has 3 amide bonds. The van der Waals surface area contributed by atoms with Gasteiger partial charge in [-0.2, -0.15) is 0 Å². The summed E-state index contributed by atoms with van der Waals surface area (Å²) in [6, 6.07) is 16.6. The van der Waals surface area contributed by atoms with E-state index >= 15 is 0 Å². The molecule has 5 N–H and O–H groups in total. The van der Waals surface area contributed by atoms with E-state index in [0.29, 0.717) is 50.4 Å². The Labute approximate surface area is 446 Å². The number of rotatable bonds is 23. The van der Waals surface area contributed by atoms with Crippen molar-refractivity contribution in [2.75, 3.05) is 33.8 Å². The molecule has 17 nitrogen and oxygen atoms in total. The Morgan fingerprint density at radius 1 is 0.838 bits per heavy atom. The van der Waals surface area contributed by atoms with Gasteiger partial charge in [-0.25, -0.2) is 9.59 Å². The van der Waals surface area contributed by atoms with Crippen molar-refractivity contribution in [3.05, 3.63) is 65.7 Å². The summed E-state index contributed by atoms with van der Waals surface area (Å²) >= 11 is 0. The second-order valence-corrected chi connectivity index (χ2v) is 18.0. The third-order valence-electron chi connectivity index (χ3n) is 10.1. The summed E-state index contributed by atoms with van der Waals surface area (Å²) in [5, 5.41) is 20.6. The van der Waals surface area contributed by atoms with Gasteiger partial charge in [0.1, 0.15) is 24.0 Å². The Bertz CT molecular complexity index is 1720. The highest BCUT2D eigenvalue weighted by Crippen LogP contribution is 2.21. The number of hydrogen-bond acceptors (Lipinski definition) is 14. The highest BCUT2D eigenvalue weighted by atomic mass is 16.6. The minimum atomic E-state index is -0.734. The Morgan fingerprint density at radius 2 is 1.43 bits per heavy atom. The molecule has 1 fully saturated rings. The van der Waals surface area contributed by atoms with Crippen LogP contribution in [0.1, 0.15) is 173 Å². The fourth-order valence-corrected chi connectivity index (χ4v) is 6.27. The number of benzene rings is 2. The van der Waals surface area contributed by atoms with E-state index in [9.17, 15) is 33.6 Å². The van der Waals surface area contributed by atoms with Gasteiger partial charge in [0.25, 0.3) is 6.47 Å². The van der Waals surface area contributed by atoms with E-state index in [0.717, 1.165) is 37.8 Å². The number of carbonyl (C=O) groups excluding carboxylic acids is 7. The van der Waals surface area contributed by atoms with Gasteiger partial charge >= 0.3 is 18.0 Å². The minimum absolute atomic E-state index is 0.0258. The zero-order valence-electron chi connectivity index (χ0n) is 48.6. The van der Waals surface area contributed by atoms with Crippen LogP contribution in [0.4, 0.5) is 4.79 Å². The van der Waals surface area contributed by atoms with Crippen molar-refractivity contribution in [1.29, 1.82) is 0 Å². The van der Waals surface area contributed by atoms with E-state index in [1.54, 1.807) is 30.9 Å². The molecule has 3 rings (SSSR count). The van der Waals surface area contributed by atoms with Crippen LogP contribution in [-0.2, 0) is 60.7 Å². The van der Waals surface area contributed by atoms with Crippen LogP contribution in [0, 0.1) is 5.92 Å². The maximum atomic E-state index is 12.8. The lowest BCUT2D eigenvalue weighted by molar-refractivity contribution is -0.155. The largest absolute Gasteiger partial charge is 0.508 e. The zero-order chi connectivity index (χ0) is 57.5. The van der Waals surface area contributed by atoms with Gasteiger partial charge in [0.05, 0.1) is 19.1 Å². The van der Waals surface area contributed by atoms with E-state index < -0.39 is 18.1 Å². The van der Waals surface area contributed by atoms with Gasteiger partial charge < -0.3 is 50.2 Å². The highest BCUT2D eigenvalue weighted by Gasteiger charge is 2.37. The summed E-state index contributed by atoms with van der Waals surface area (Å²) in [6.45, 7) is 31.3. The van der Waals surface area contributed by atoms with Crippen LogP contribution in [0.3, 0.4) is 0 Å². The molecule has 0 saturated carbocycles. The molecular weight excluding hydrogens is 947 g/mol. The number of hydrogen-bond donors (Lipinski definition) is 5. The third kappa shape index (κ3) is 39.9.